The molecule has 2 atom stereocenters. The van der Waals surface area contributed by atoms with Crippen molar-refractivity contribution in [2.45, 2.75) is 24.1 Å². The lowest BCUT2D eigenvalue weighted by Gasteiger charge is -2.45. The van der Waals surface area contributed by atoms with Crippen molar-refractivity contribution in [2.75, 3.05) is 6.61 Å². The third-order valence-electron chi connectivity index (χ3n) is 2.73. The lowest BCUT2D eigenvalue weighted by Crippen LogP contribution is -2.56. The third kappa shape index (κ3) is 2.08. The molecule has 2 heterocycles. The van der Waals surface area contributed by atoms with E-state index >= 15 is 0 Å². The first kappa shape index (κ1) is 12.9. The molecule has 1 amide bonds. The smallest absolute Gasteiger partial charge is 0.352 e. The summed E-state index contributed by atoms with van der Waals surface area (Å²) in [5, 5.41) is 8.37. The number of ether oxygens (including phenoxy) is 1. The number of amides is 1. The molecule has 2 aliphatic rings. The van der Waals surface area contributed by atoms with Crippen LogP contribution in [0.25, 0.3) is 0 Å². The average Bonchev–Trinajstić information content (AvgIpc) is 2.25. The fraction of sp³-hybridized carbons (Fsp3) is 0.500. The molecule has 18 heavy (non-hydrogen) atoms. The molecule has 1 fully saturated rings. The largest absolute Gasteiger partial charge is 0.477 e. The number of thioether (sulfide) groups is 1. The van der Waals surface area contributed by atoms with Gasteiger partial charge in [0.15, 0.2) is 0 Å². The van der Waals surface area contributed by atoms with E-state index in [1.165, 1.54) is 23.6 Å². The van der Waals surface area contributed by atoms with Crippen molar-refractivity contribution in [2.24, 2.45) is 5.73 Å². The first-order valence-electron chi connectivity index (χ1n) is 5.24. The lowest BCUT2D eigenvalue weighted by atomic mass is 10.1. The van der Waals surface area contributed by atoms with Crippen molar-refractivity contribution in [3.05, 3.63) is 11.3 Å². The zero-order valence-electron chi connectivity index (χ0n) is 9.58. The lowest BCUT2D eigenvalue weighted by molar-refractivity contribution is -0.146. The highest BCUT2D eigenvalue weighted by Crippen LogP contribution is 2.42. The summed E-state index contributed by atoms with van der Waals surface area (Å²) >= 11 is 1.29. The average molecular weight is 272 g/mol. The number of rotatable bonds is 3. The van der Waals surface area contributed by atoms with E-state index < -0.39 is 17.3 Å². The van der Waals surface area contributed by atoms with Crippen LogP contribution in [0, 0.1) is 0 Å². The number of hydrogen-bond acceptors (Lipinski definition) is 6. The Morgan fingerprint density at radius 3 is 2.78 bits per heavy atom. The van der Waals surface area contributed by atoms with Crippen LogP contribution in [0.5, 0.6) is 0 Å². The summed E-state index contributed by atoms with van der Waals surface area (Å²) in [6.07, 6.45) is 0.288. The number of nitrogens with two attached hydrogens (primary N) is 1. The molecule has 0 aliphatic carbocycles. The monoisotopic (exact) mass is 272 g/mol. The molecule has 2 rings (SSSR count). The summed E-state index contributed by atoms with van der Waals surface area (Å²) in [4.78, 5) is 34.6. The van der Waals surface area contributed by atoms with E-state index in [9.17, 15) is 19.5 Å². The third-order valence-corrected chi connectivity index (χ3v) is 4.00. The van der Waals surface area contributed by atoms with Crippen LogP contribution in [0.15, 0.2) is 11.3 Å². The highest BCUT2D eigenvalue weighted by Gasteiger charge is 2.47. The molecule has 2 unspecified atom stereocenters. The number of aliphatic carboxylic acids is 1. The van der Waals surface area contributed by atoms with Crippen LogP contribution < -0.4 is 5.73 Å². The van der Waals surface area contributed by atoms with Gasteiger partial charge in [-0.25, -0.2) is 4.79 Å². The van der Waals surface area contributed by atoms with Gasteiger partial charge in [-0.1, -0.05) is 0 Å². The Kier molecular flexibility index (Phi) is 3.31. The van der Waals surface area contributed by atoms with E-state index in [1.54, 1.807) is 0 Å². The normalized spacial score (nSPS) is 26.6. The van der Waals surface area contributed by atoms with E-state index in [2.05, 4.69) is 0 Å². The molecule has 0 aromatic rings. The first-order valence-corrected chi connectivity index (χ1v) is 6.19. The zero-order valence-corrected chi connectivity index (χ0v) is 10.4. The number of carboxylic acid groups (broad SMARTS) is 1. The summed E-state index contributed by atoms with van der Waals surface area (Å²) in [5.41, 5.74) is 5.95. The van der Waals surface area contributed by atoms with Crippen LogP contribution >= 0.6 is 11.8 Å². The Labute approximate surface area is 107 Å². The van der Waals surface area contributed by atoms with Crippen molar-refractivity contribution in [1.29, 1.82) is 0 Å². The van der Waals surface area contributed by atoms with Crippen molar-refractivity contribution < 1.29 is 24.2 Å². The molecule has 0 aromatic carbocycles. The Hall–Kier alpha value is -1.54. The quantitative estimate of drug-likeness (QED) is 0.525. The molecule has 0 saturated carbocycles. The second kappa shape index (κ2) is 4.62. The van der Waals surface area contributed by atoms with Gasteiger partial charge in [-0.3, -0.25) is 14.5 Å². The van der Waals surface area contributed by atoms with Gasteiger partial charge in [-0.15, -0.1) is 11.8 Å². The number of fused-ring (bicyclic) bond motifs is 1. The summed E-state index contributed by atoms with van der Waals surface area (Å²) in [5.74, 6) is -2.01. The fourth-order valence-corrected chi connectivity index (χ4v) is 3.14. The van der Waals surface area contributed by atoms with E-state index in [1.807, 2.05) is 0 Å². The summed E-state index contributed by atoms with van der Waals surface area (Å²) in [6.45, 7) is 1.02. The van der Waals surface area contributed by atoms with Gasteiger partial charge in [0.1, 0.15) is 12.3 Å². The maximum Gasteiger partial charge on any atom is 0.352 e. The maximum atomic E-state index is 11.4. The van der Waals surface area contributed by atoms with Crippen molar-refractivity contribution in [1.82, 2.24) is 4.90 Å². The number of carbonyl (C=O) groups excluding carboxylic acids is 2. The molecule has 0 spiro atoms. The van der Waals surface area contributed by atoms with E-state index in [0.29, 0.717) is 0 Å². The minimum atomic E-state index is -1.23. The number of esters is 1. The van der Waals surface area contributed by atoms with Crippen LogP contribution in [-0.4, -0.2) is 45.2 Å². The molecule has 0 radical (unpaired) electrons. The Bertz CT molecular complexity index is 461. The minimum absolute atomic E-state index is 0.149. The predicted molar refractivity (Wildman–Crippen MR) is 62.1 cm³/mol. The number of carbonyl (C=O) groups is 3. The highest BCUT2D eigenvalue weighted by atomic mass is 32.2. The first-order chi connectivity index (χ1) is 8.41. The Balaban J connectivity index is 2.33. The van der Waals surface area contributed by atoms with Crippen molar-refractivity contribution in [3.8, 4) is 0 Å². The van der Waals surface area contributed by atoms with Crippen LogP contribution in [0.2, 0.25) is 0 Å². The van der Waals surface area contributed by atoms with E-state index in [4.69, 9.17) is 10.5 Å². The highest BCUT2D eigenvalue weighted by molar-refractivity contribution is 8.00. The number of hydrogen-bond donors (Lipinski definition) is 2. The van der Waals surface area contributed by atoms with Gasteiger partial charge in [0.05, 0.1) is 17.2 Å². The van der Waals surface area contributed by atoms with Gasteiger partial charge < -0.3 is 15.6 Å². The molecule has 98 valence electrons. The molecule has 8 heteroatoms. The van der Waals surface area contributed by atoms with E-state index in [0.717, 1.165) is 0 Å². The molecule has 0 aromatic heterocycles. The molecule has 2 aliphatic heterocycles. The summed E-state index contributed by atoms with van der Waals surface area (Å²) in [7, 11) is 0. The molecular formula is C10H12N2O5S. The van der Waals surface area contributed by atoms with Crippen molar-refractivity contribution >= 4 is 29.6 Å². The molecule has 7 nitrogen and oxygen atoms in total. The van der Waals surface area contributed by atoms with Gasteiger partial charge in [0, 0.05) is 12.5 Å². The van der Waals surface area contributed by atoms with Crippen molar-refractivity contribution in [3.63, 3.8) is 0 Å². The fourth-order valence-electron chi connectivity index (χ4n) is 1.88. The summed E-state index contributed by atoms with van der Waals surface area (Å²) in [6, 6.07) is 0. The predicted octanol–water partition coefficient (Wildman–Crippen LogP) is -0.522. The maximum absolute atomic E-state index is 11.4. The minimum Gasteiger partial charge on any atom is -0.477 e. The number of carboxylic acids is 1. The van der Waals surface area contributed by atoms with Gasteiger partial charge in [-0.2, -0.15) is 0 Å². The van der Waals surface area contributed by atoms with Crippen LogP contribution in [-0.2, 0) is 19.1 Å². The molecule has 3 N–H and O–H groups in total. The van der Waals surface area contributed by atoms with Crippen LogP contribution in [0.3, 0.4) is 0 Å². The second-order valence-corrected chi connectivity index (χ2v) is 5.26. The number of β-lactam (4-membered cyclic amide) rings is 1. The van der Waals surface area contributed by atoms with Crippen LogP contribution in [0.1, 0.15) is 13.3 Å². The molecular weight excluding hydrogens is 260 g/mol. The van der Waals surface area contributed by atoms with Gasteiger partial charge in [0.25, 0.3) is 0 Å². The van der Waals surface area contributed by atoms with Gasteiger partial charge in [-0.05, 0) is 0 Å². The number of nitrogens with zero attached hydrogens (tertiary/aromatic N) is 1. The molecule has 0 bridgehead atoms. The SMILES string of the molecule is CC(=O)OCC1=C(C(=O)O)N2C(=O)CC2SC1N. The Morgan fingerprint density at radius 1 is 1.61 bits per heavy atom. The second-order valence-electron chi connectivity index (χ2n) is 3.94. The topological polar surface area (TPSA) is 110 Å². The van der Waals surface area contributed by atoms with Crippen LogP contribution in [0.4, 0.5) is 0 Å². The van der Waals surface area contributed by atoms with E-state index in [-0.39, 0.29) is 35.6 Å². The standard InChI is InChI=1S/C10H12N2O5S/c1-4(13)17-3-5-8(10(15)16)12-6(14)2-7(12)18-9(5)11/h7,9H,2-3,11H2,1H3,(H,15,16). The van der Waals surface area contributed by atoms with Gasteiger partial charge >= 0.3 is 11.9 Å². The van der Waals surface area contributed by atoms with Gasteiger partial charge in [0.2, 0.25) is 5.91 Å². The zero-order chi connectivity index (χ0) is 13.4. The molecule has 1 saturated heterocycles. The Morgan fingerprint density at radius 2 is 2.28 bits per heavy atom. The summed E-state index contributed by atoms with van der Waals surface area (Å²) < 4.78 is 4.78.